The van der Waals surface area contributed by atoms with Crippen LogP contribution in [0.5, 0.6) is 0 Å². The van der Waals surface area contributed by atoms with Crippen LogP contribution >= 0.6 is 11.6 Å². The third-order valence-electron chi connectivity index (χ3n) is 3.45. The van der Waals surface area contributed by atoms with Gasteiger partial charge in [0.25, 0.3) is 0 Å². The smallest absolute Gasteiger partial charge is 0.130 e. The summed E-state index contributed by atoms with van der Waals surface area (Å²) in [5.74, 6) is 2.01. The van der Waals surface area contributed by atoms with E-state index < -0.39 is 11.2 Å². The first-order valence-electron chi connectivity index (χ1n) is 7.32. The predicted molar refractivity (Wildman–Crippen MR) is 93.1 cm³/mol. The topological polar surface area (TPSA) is 23.1 Å². The molecule has 2 rings (SSSR count). The van der Waals surface area contributed by atoms with Crippen molar-refractivity contribution in [3.8, 4) is 11.1 Å². The van der Waals surface area contributed by atoms with Crippen LogP contribution in [0.2, 0.25) is 0 Å². The molecule has 0 aromatic heterocycles. The molecule has 0 saturated heterocycles. The van der Waals surface area contributed by atoms with Crippen LogP contribution in [0.15, 0.2) is 48.5 Å². The molecule has 0 heterocycles. The van der Waals surface area contributed by atoms with Gasteiger partial charge in [-0.15, -0.1) is 11.6 Å². The molecule has 0 amide bonds. The summed E-state index contributed by atoms with van der Waals surface area (Å²) in [6.45, 7) is 2.13. The van der Waals surface area contributed by atoms with E-state index in [2.05, 4.69) is 55.5 Å². The van der Waals surface area contributed by atoms with Crippen LogP contribution in [-0.2, 0) is 22.8 Å². The molecular formula is C18H21ClOS. The van der Waals surface area contributed by atoms with E-state index in [0.717, 1.165) is 29.7 Å². The average molecular weight is 321 g/mol. The molecule has 3 heteroatoms. The Bertz CT molecular complexity index is 536. The molecule has 0 aliphatic carbocycles. The number of benzene rings is 2. The van der Waals surface area contributed by atoms with Gasteiger partial charge in [0, 0.05) is 11.4 Å². The molecule has 0 saturated carbocycles. The lowest BCUT2D eigenvalue weighted by molar-refractivity contribution is 0.591. The Morgan fingerprint density at radius 1 is 0.905 bits per heavy atom. The zero-order valence-electron chi connectivity index (χ0n) is 12.3. The van der Waals surface area contributed by atoms with Crippen LogP contribution in [0.4, 0.5) is 0 Å². The Hall–Kier alpha value is -0.960. The number of rotatable bonds is 7. The van der Waals surface area contributed by atoms with Gasteiger partial charge in [-0.25, -0.2) is 0 Å². The molecule has 0 aliphatic rings. The van der Waals surface area contributed by atoms with Crippen molar-refractivity contribution in [2.24, 2.45) is 0 Å². The average Bonchev–Trinajstić information content (AvgIpc) is 2.54. The van der Waals surface area contributed by atoms with Crippen molar-refractivity contribution in [2.45, 2.75) is 31.4 Å². The highest BCUT2D eigenvalue weighted by molar-refractivity contribution is 7.90. The lowest BCUT2D eigenvalue weighted by atomic mass is 10.0. The summed E-state index contributed by atoms with van der Waals surface area (Å²) >= 11 is 5.06. The second-order valence-electron chi connectivity index (χ2n) is 5.17. The Balaban J connectivity index is 2.00. The van der Waals surface area contributed by atoms with Crippen molar-refractivity contribution < 1.29 is 4.55 Å². The van der Waals surface area contributed by atoms with Gasteiger partial charge in [-0.2, -0.15) is 0 Å². The van der Waals surface area contributed by atoms with Crippen LogP contribution in [0.3, 0.4) is 0 Å². The summed E-state index contributed by atoms with van der Waals surface area (Å²) in [5.41, 5.74) is 4.63. The maximum absolute atomic E-state index is 11.9. The first kappa shape index (κ1) is 16.4. The van der Waals surface area contributed by atoms with Gasteiger partial charge in [0.15, 0.2) is 0 Å². The summed E-state index contributed by atoms with van der Waals surface area (Å²) < 4.78 is 11.9. The normalized spacial score (nSPS) is 12.3. The first-order valence-corrected chi connectivity index (χ1v) is 9.34. The highest BCUT2D eigenvalue weighted by atomic mass is 35.5. The number of hydrogen-bond donors (Lipinski definition) is 0. The lowest BCUT2D eigenvalue weighted by Gasteiger charge is -2.11. The number of unbranched alkanes of at least 4 members (excludes halogenated alkanes) is 1. The third kappa shape index (κ3) is 5.06. The molecule has 0 radical (unpaired) electrons. The summed E-state index contributed by atoms with van der Waals surface area (Å²) in [4.78, 5) is 0. The van der Waals surface area contributed by atoms with Crippen LogP contribution in [0.25, 0.3) is 11.1 Å². The van der Waals surface area contributed by atoms with E-state index >= 15 is 0 Å². The fraction of sp³-hybridized carbons (Fsp3) is 0.333. The lowest BCUT2D eigenvalue weighted by Crippen LogP contribution is -2.09. The molecule has 2 aromatic rings. The van der Waals surface area contributed by atoms with Crippen molar-refractivity contribution in [1.82, 2.24) is 0 Å². The molecule has 1 unspecified atom stereocenters. The molecule has 0 fully saturated rings. The minimum Gasteiger partial charge on any atom is -0.616 e. The summed E-state index contributed by atoms with van der Waals surface area (Å²) in [5, 5.41) is 0. The van der Waals surface area contributed by atoms with Gasteiger partial charge in [-0.05, 0) is 34.3 Å². The van der Waals surface area contributed by atoms with E-state index in [1.807, 2.05) is 0 Å². The predicted octanol–water partition coefficient (Wildman–Crippen LogP) is 5.14. The maximum atomic E-state index is 11.9. The SMILES string of the molecule is CCCC[S+]([O-])Cc1ccc(-c2ccc(CCl)cc2)cc1. The van der Waals surface area contributed by atoms with Gasteiger partial charge in [-0.1, -0.05) is 61.9 Å². The molecule has 0 aliphatic heterocycles. The molecule has 112 valence electrons. The summed E-state index contributed by atoms with van der Waals surface area (Å²) in [7, 11) is 0. The van der Waals surface area contributed by atoms with E-state index in [-0.39, 0.29) is 0 Å². The number of halogens is 1. The second-order valence-corrected chi connectivity index (χ2v) is 7.01. The summed E-state index contributed by atoms with van der Waals surface area (Å²) in [6.07, 6.45) is 2.14. The molecule has 2 aromatic carbocycles. The van der Waals surface area contributed by atoms with Gasteiger partial charge >= 0.3 is 0 Å². The molecule has 0 N–H and O–H groups in total. The minimum atomic E-state index is -0.741. The Kier molecular flexibility index (Phi) is 6.62. The largest absolute Gasteiger partial charge is 0.616 e. The fourth-order valence-corrected chi connectivity index (χ4v) is 3.64. The van der Waals surface area contributed by atoms with Gasteiger partial charge in [0.1, 0.15) is 11.5 Å². The van der Waals surface area contributed by atoms with Crippen LogP contribution < -0.4 is 0 Å². The molecule has 21 heavy (non-hydrogen) atoms. The Labute approximate surface area is 135 Å². The maximum Gasteiger partial charge on any atom is 0.130 e. The van der Waals surface area contributed by atoms with Crippen molar-refractivity contribution >= 4 is 22.8 Å². The van der Waals surface area contributed by atoms with E-state index in [1.54, 1.807) is 0 Å². The standard InChI is InChI=1S/C18H21ClOS/c1-2-3-12-21(20)14-16-6-10-18(11-7-16)17-8-4-15(13-19)5-9-17/h4-11H,2-3,12-14H2,1H3. The van der Waals surface area contributed by atoms with Crippen molar-refractivity contribution in [3.63, 3.8) is 0 Å². The first-order chi connectivity index (χ1) is 10.2. The van der Waals surface area contributed by atoms with Crippen molar-refractivity contribution in [2.75, 3.05) is 5.75 Å². The molecule has 1 nitrogen and oxygen atoms in total. The molecule has 1 atom stereocenters. The zero-order valence-corrected chi connectivity index (χ0v) is 13.9. The van der Waals surface area contributed by atoms with E-state index in [9.17, 15) is 4.55 Å². The van der Waals surface area contributed by atoms with Crippen LogP contribution in [0, 0.1) is 0 Å². The van der Waals surface area contributed by atoms with E-state index in [1.165, 1.54) is 11.1 Å². The van der Waals surface area contributed by atoms with Crippen molar-refractivity contribution in [3.05, 3.63) is 59.7 Å². The molecule has 0 bridgehead atoms. The fourth-order valence-electron chi connectivity index (χ4n) is 2.14. The Morgan fingerprint density at radius 3 is 1.90 bits per heavy atom. The zero-order chi connectivity index (χ0) is 15.1. The molecule has 0 spiro atoms. The highest BCUT2D eigenvalue weighted by Gasteiger charge is 2.07. The van der Waals surface area contributed by atoms with Gasteiger partial charge < -0.3 is 4.55 Å². The molecular weight excluding hydrogens is 300 g/mol. The minimum absolute atomic E-state index is 0.544. The van der Waals surface area contributed by atoms with Crippen LogP contribution in [-0.4, -0.2) is 10.3 Å². The van der Waals surface area contributed by atoms with Crippen molar-refractivity contribution in [1.29, 1.82) is 0 Å². The van der Waals surface area contributed by atoms with Crippen LogP contribution in [0.1, 0.15) is 30.9 Å². The van der Waals surface area contributed by atoms with Gasteiger partial charge in [0.2, 0.25) is 0 Å². The number of hydrogen-bond acceptors (Lipinski definition) is 1. The van der Waals surface area contributed by atoms with E-state index in [4.69, 9.17) is 11.6 Å². The van der Waals surface area contributed by atoms with Gasteiger partial charge in [0.05, 0.1) is 0 Å². The third-order valence-corrected chi connectivity index (χ3v) is 5.16. The van der Waals surface area contributed by atoms with E-state index in [0.29, 0.717) is 11.6 Å². The Morgan fingerprint density at radius 2 is 1.43 bits per heavy atom. The van der Waals surface area contributed by atoms with Gasteiger partial charge in [-0.3, -0.25) is 0 Å². The number of alkyl halides is 1. The second kappa shape index (κ2) is 8.47. The monoisotopic (exact) mass is 320 g/mol. The highest BCUT2D eigenvalue weighted by Crippen LogP contribution is 2.21. The quantitative estimate of drug-likeness (QED) is 0.511. The summed E-state index contributed by atoms with van der Waals surface area (Å²) in [6, 6.07) is 16.6.